The van der Waals surface area contributed by atoms with Crippen LogP contribution in [0.4, 0.5) is 0 Å². The summed E-state index contributed by atoms with van der Waals surface area (Å²) >= 11 is 0. The molecular formula is C20H24N4O3. The molecule has 2 aliphatic heterocycles. The van der Waals surface area contributed by atoms with Crippen LogP contribution >= 0.6 is 0 Å². The third kappa shape index (κ3) is 4.03. The maximum Gasteiger partial charge on any atom is 0.254 e. The molecule has 0 saturated carbocycles. The number of hydrogen-bond donors (Lipinski definition) is 1. The fourth-order valence-corrected chi connectivity index (χ4v) is 3.68. The van der Waals surface area contributed by atoms with Gasteiger partial charge in [-0.2, -0.15) is 0 Å². The second-order valence-electron chi connectivity index (χ2n) is 7.11. The third-order valence-electron chi connectivity index (χ3n) is 5.21. The first-order valence-corrected chi connectivity index (χ1v) is 9.47. The average Bonchev–Trinajstić information content (AvgIpc) is 3.31. The smallest absolute Gasteiger partial charge is 0.254 e. The summed E-state index contributed by atoms with van der Waals surface area (Å²) in [5.41, 5.74) is 2.26. The first-order chi connectivity index (χ1) is 13.2. The molecule has 2 aromatic rings. The Kier molecular flexibility index (Phi) is 5.20. The number of hydrogen-bond acceptors (Lipinski definition) is 4. The van der Waals surface area contributed by atoms with E-state index >= 15 is 0 Å². The van der Waals surface area contributed by atoms with Crippen molar-refractivity contribution in [1.29, 1.82) is 0 Å². The standard InChI is InChI=1S/C20H24N4O3/c25-19(22-17-4-10-27-11-5-17)15-2-3-18-16(12-15)13-24(20(18)26)8-1-7-23-9-6-21-14-23/h2-3,6,9,12,14,17H,1,4-5,7-8,10-11,13H2,(H,22,25). The molecule has 1 fully saturated rings. The van der Waals surface area contributed by atoms with Crippen molar-refractivity contribution in [3.8, 4) is 0 Å². The Balaban J connectivity index is 1.35. The minimum Gasteiger partial charge on any atom is -0.381 e. The molecule has 7 heteroatoms. The van der Waals surface area contributed by atoms with Crippen LogP contribution in [0.25, 0.3) is 0 Å². The van der Waals surface area contributed by atoms with Gasteiger partial charge in [-0.25, -0.2) is 4.98 Å². The number of aryl methyl sites for hydroxylation is 1. The highest BCUT2D eigenvalue weighted by Gasteiger charge is 2.28. The predicted octanol–water partition coefficient (Wildman–Crippen LogP) is 1.84. The van der Waals surface area contributed by atoms with Crippen LogP contribution in [-0.2, 0) is 17.8 Å². The molecule has 2 amide bonds. The Morgan fingerprint density at radius 2 is 2.11 bits per heavy atom. The van der Waals surface area contributed by atoms with Crippen molar-refractivity contribution in [3.05, 3.63) is 53.6 Å². The first kappa shape index (κ1) is 17.7. The first-order valence-electron chi connectivity index (χ1n) is 9.47. The third-order valence-corrected chi connectivity index (χ3v) is 5.21. The number of fused-ring (bicyclic) bond motifs is 1. The topological polar surface area (TPSA) is 76.5 Å². The lowest BCUT2D eigenvalue weighted by molar-refractivity contribution is 0.0696. The molecule has 0 spiro atoms. The number of imidazole rings is 1. The molecule has 2 aliphatic rings. The number of carbonyl (C=O) groups is 2. The minimum atomic E-state index is -0.0734. The zero-order valence-corrected chi connectivity index (χ0v) is 15.3. The van der Waals surface area contributed by atoms with Crippen molar-refractivity contribution in [2.75, 3.05) is 19.8 Å². The van der Waals surface area contributed by atoms with Gasteiger partial charge in [-0.3, -0.25) is 9.59 Å². The second kappa shape index (κ2) is 7.92. The summed E-state index contributed by atoms with van der Waals surface area (Å²) < 4.78 is 7.33. The van der Waals surface area contributed by atoms with Crippen LogP contribution in [0.1, 0.15) is 45.5 Å². The van der Waals surface area contributed by atoms with E-state index in [1.165, 1.54) is 0 Å². The second-order valence-corrected chi connectivity index (χ2v) is 7.11. The molecule has 7 nitrogen and oxygen atoms in total. The molecule has 1 N–H and O–H groups in total. The minimum absolute atomic E-state index is 0.0482. The lowest BCUT2D eigenvalue weighted by Gasteiger charge is -2.23. The molecular weight excluding hydrogens is 344 g/mol. The highest BCUT2D eigenvalue weighted by Crippen LogP contribution is 2.24. The van der Waals surface area contributed by atoms with Crippen LogP contribution in [-0.4, -0.2) is 52.1 Å². The largest absolute Gasteiger partial charge is 0.381 e. The molecule has 0 radical (unpaired) electrons. The van der Waals surface area contributed by atoms with Gasteiger partial charge in [0.25, 0.3) is 11.8 Å². The highest BCUT2D eigenvalue weighted by molar-refractivity contribution is 6.01. The monoisotopic (exact) mass is 368 g/mol. The van der Waals surface area contributed by atoms with Crippen molar-refractivity contribution >= 4 is 11.8 Å². The number of aromatic nitrogens is 2. The molecule has 1 saturated heterocycles. The molecule has 142 valence electrons. The predicted molar refractivity (Wildman–Crippen MR) is 99.3 cm³/mol. The van der Waals surface area contributed by atoms with Crippen LogP contribution in [0, 0.1) is 0 Å². The molecule has 0 unspecified atom stereocenters. The summed E-state index contributed by atoms with van der Waals surface area (Å²) in [7, 11) is 0. The molecule has 0 bridgehead atoms. The Hall–Kier alpha value is -2.67. The number of carbonyl (C=O) groups excluding carboxylic acids is 2. The Morgan fingerprint density at radius 1 is 1.26 bits per heavy atom. The van der Waals surface area contributed by atoms with Crippen molar-refractivity contribution in [2.24, 2.45) is 0 Å². The molecule has 27 heavy (non-hydrogen) atoms. The fraction of sp³-hybridized carbons (Fsp3) is 0.450. The Morgan fingerprint density at radius 3 is 2.89 bits per heavy atom. The van der Waals surface area contributed by atoms with Gasteiger partial charge in [-0.05, 0) is 43.0 Å². The quantitative estimate of drug-likeness (QED) is 0.844. The SMILES string of the molecule is O=C(NC1CCOCC1)c1ccc2c(c1)CN(CCCn1ccnc1)C2=O. The Bertz CT molecular complexity index is 813. The van der Waals surface area contributed by atoms with E-state index in [1.54, 1.807) is 24.7 Å². The summed E-state index contributed by atoms with van der Waals surface area (Å²) in [5, 5.41) is 3.07. The van der Waals surface area contributed by atoms with E-state index in [-0.39, 0.29) is 17.9 Å². The molecule has 1 aromatic heterocycles. The van der Waals surface area contributed by atoms with E-state index in [4.69, 9.17) is 4.74 Å². The van der Waals surface area contributed by atoms with E-state index < -0.39 is 0 Å². The zero-order valence-electron chi connectivity index (χ0n) is 15.3. The van der Waals surface area contributed by atoms with E-state index in [9.17, 15) is 9.59 Å². The van der Waals surface area contributed by atoms with E-state index in [1.807, 2.05) is 21.7 Å². The molecule has 3 heterocycles. The highest BCUT2D eigenvalue weighted by atomic mass is 16.5. The number of nitrogens with zero attached hydrogens (tertiary/aromatic N) is 3. The van der Waals surface area contributed by atoms with Crippen molar-refractivity contribution in [2.45, 2.75) is 38.4 Å². The van der Waals surface area contributed by atoms with Gasteiger partial charge in [-0.15, -0.1) is 0 Å². The summed E-state index contributed by atoms with van der Waals surface area (Å²) in [5.74, 6) is -0.0253. The van der Waals surface area contributed by atoms with Gasteiger partial charge in [0.15, 0.2) is 0 Å². The molecule has 0 aliphatic carbocycles. The van der Waals surface area contributed by atoms with Crippen LogP contribution in [0.3, 0.4) is 0 Å². The van der Waals surface area contributed by atoms with Gasteiger partial charge in [0.2, 0.25) is 0 Å². The van der Waals surface area contributed by atoms with Crippen molar-refractivity contribution in [3.63, 3.8) is 0 Å². The summed E-state index contributed by atoms with van der Waals surface area (Å²) in [6.45, 7) is 3.47. The maximum absolute atomic E-state index is 12.6. The molecule has 1 aromatic carbocycles. The van der Waals surface area contributed by atoms with Gasteiger partial charge < -0.3 is 19.5 Å². The summed E-state index contributed by atoms with van der Waals surface area (Å²) in [4.78, 5) is 31.0. The zero-order chi connectivity index (χ0) is 18.6. The number of amides is 2. The average molecular weight is 368 g/mol. The fourth-order valence-electron chi connectivity index (χ4n) is 3.68. The lowest BCUT2D eigenvalue weighted by Crippen LogP contribution is -2.38. The van der Waals surface area contributed by atoms with E-state index in [0.717, 1.165) is 31.4 Å². The van der Waals surface area contributed by atoms with Gasteiger partial charge >= 0.3 is 0 Å². The van der Waals surface area contributed by atoms with E-state index in [0.29, 0.717) is 37.4 Å². The Labute approximate surface area is 158 Å². The number of benzene rings is 1. The molecule has 0 atom stereocenters. The number of rotatable bonds is 6. The normalized spacial score (nSPS) is 17.2. The van der Waals surface area contributed by atoms with Gasteiger partial charge in [0, 0.05) is 62.4 Å². The van der Waals surface area contributed by atoms with Gasteiger partial charge in [-0.1, -0.05) is 0 Å². The van der Waals surface area contributed by atoms with Crippen molar-refractivity contribution < 1.29 is 14.3 Å². The van der Waals surface area contributed by atoms with E-state index in [2.05, 4.69) is 10.3 Å². The number of nitrogens with one attached hydrogen (secondary N) is 1. The summed E-state index contributed by atoms with van der Waals surface area (Å²) in [6, 6.07) is 5.56. The van der Waals surface area contributed by atoms with Gasteiger partial charge in [0.1, 0.15) is 0 Å². The maximum atomic E-state index is 12.6. The van der Waals surface area contributed by atoms with Crippen LogP contribution in [0.2, 0.25) is 0 Å². The lowest BCUT2D eigenvalue weighted by atomic mass is 10.0. The number of ether oxygens (including phenoxy) is 1. The van der Waals surface area contributed by atoms with Crippen molar-refractivity contribution in [1.82, 2.24) is 19.8 Å². The molecule has 4 rings (SSSR count). The summed E-state index contributed by atoms with van der Waals surface area (Å²) in [6.07, 6.45) is 8.02. The van der Waals surface area contributed by atoms with Crippen LogP contribution in [0.15, 0.2) is 36.9 Å². The van der Waals surface area contributed by atoms with Crippen LogP contribution in [0.5, 0.6) is 0 Å². The van der Waals surface area contributed by atoms with Crippen LogP contribution < -0.4 is 5.32 Å². The van der Waals surface area contributed by atoms with Gasteiger partial charge in [0.05, 0.1) is 6.33 Å².